The molecule has 0 heterocycles. The number of rotatable bonds is 2. The third kappa shape index (κ3) is 2.53. The molecular formula is C4H10O2Si. The fourth-order valence-electron chi connectivity index (χ4n) is 0.0481. The Kier molecular flexibility index (Phi) is 2.18. The molecule has 0 rings (SSSR count). The van der Waals surface area contributed by atoms with Crippen molar-refractivity contribution in [3.63, 3.8) is 0 Å². The Hall–Kier alpha value is -0.153. The Morgan fingerprint density at radius 2 is 2.00 bits per heavy atom. The maximum atomic E-state index is 9.99. The zero-order chi connectivity index (χ0) is 5.91. The predicted octanol–water partition coefficient (Wildman–Crippen LogP) is 0.610. The average Bonchev–Trinajstić information content (AvgIpc) is 1.68. The lowest BCUT2D eigenvalue weighted by molar-refractivity contribution is 0.414. The Morgan fingerprint density at radius 1 is 1.57 bits per heavy atom. The van der Waals surface area contributed by atoms with Crippen LogP contribution in [0, 0.1) is 0 Å². The van der Waals surface area contributed by atoms with Crippen LogP contribution in [0.3, 0.4) is 0 Å². The van der Waals surface area contributed by atoms with Gasteiger partial charge in [-0.05, 0) is 13.1 Å². The zero-order valence-corrected chi connectivity index (χ0v) is 5.89. The fourth-order valence-corrected chi connectivity index (χ4v) is 0.144. The first kappa shape index (κ1) is 6.85. The van der Waals surface area contributed by atoms with Crippen molar-refractivity contribution in [2.45, 2.75) is 13.1 Å². The molecule has 0 fully saturated rings. The molecule has 0 amide bonds. The summed E-state index contributed by atoms with van der Waals surface area (Å²) in [7, 11) is -0.262. The van der Waals surface area contributed by atoms with Gasteiger partial charge >= 0.3 is 0 Å². The van der Waals surface area contributed by atoms with Crippen molar-refractivity contribution in [3.05, 3.63) is 0 Å². The zero-order valence-electron chi connectivity index (χ0n) is 4.89. The Morgan fingerprint density at radius 3 is 2.00 bits per heavy atom. The van der Waals surface area contributed by atoms with Crippen molar-refractivity contribution in [1.82, 2.24) is 0 Å². The topological polar surface area (TPSA) is 26.3 Å². The molecule has 42 valence electrons. The molecule has 0 spiro atoms. The van der Waals surface area contributed by atoms with Crippen molar-refractivity contribution in [1.29, 1.82) is 0 Å². The summed E-state index contributed by atoms with van der Waals surface area (Å²) >= 11 is 0. The van der Waals surface area contributed by atoms with E-state index >= 15 is 0 Å². The van der Waals surface area contributed by atoms with Gasteiger partial charge in [-0.15, -0.1) is 0 Å². The van der Waals surface area contributed by atoms with Crippen molar-refractivity contribution < 1.29 is 9.22 Å². The first-order valence-corrected chi connectivity index (χ1v) is 5.12. The van der Waals surface area contributed by atoms with E-state index in [4.69, 9.17) is 4.43 Å². The summed E-state index contributed by atoms with van der Waals surface area (Å²) in [4.78, 5) is 9.99. The standard InChI is InChI=1S/C4H10O2Si/c1-6-7(2,3)4-5/h4H,1-3H3. The minimum absolute atomic E-state index is 0.910. The predicted molar refractivity (Wildman–Crippen MR) is 31.2 cm³/mol. The van der Waals surface area contributed by atoms with E-state index < -0.39 is 8.32 Å². The summed E-state index contributed by atoms with van der Waals surface area (Å²) in [6.45, 7) is 3.69. The minimum atomic E-state index is -1.83. The molecule has 0 unspecified atom stereocenters. The van der Waals surface area contributed by atoms with Crippen LogP contribution in [-0.2, 0) is 9.22 Å². The maximum Gasteiger partial charge on any atom is 0.253 e. The third-order valence-corrected chi connectivity index (χ3v) is 2.43. The van der Waals surface area contributed by atoms with Gasteiger partial charge in [0.05, 0.1) is 0 Å². The summed E-state index contributed by atoms with van der Waals surface area (Å²) < 4.78 is 4.86. The van der Waals surface area contributed by atoms with Gasteiger partial charge in [0.2, 0.25) is 0 Å². The van der Waals surface area contributed by atoms with E-state index in [0.717, 1.165) is 5.91 Å². The van der Waals surface area contributed by atoms with Crippen LogP contribution >= 0.6 is 0 Å². The van der Waals surface area contributed by atoms with E-state index in [1.165, 1.54) is 0 Å². The second kappa shape index (κ2) is 2.23. The Labute approximate surface area is 44.6 Å². The van der Waals surface area contributed by atoms with Gasteiger partial charge in [0, 0.05) is 7.11 Å². The molecule has 2 nitrogen and oxygen atoms in total. The van der Waals surface area contributed by atoms with E-state index in [2.05, 4.69) is 0 Å². The Balaban J connectivity index is 3.58. The summed E-state index contributed by atoms with van der Waals surface area (Å²) in [6.07, 6.45) is 0. The number of carbonyl (C=O) groups excluding carboxylic acids is 1. The van der Waals surface area contributed by atoms with Crippen molar-refractivity contribution in [3.8, 4) is 0 Å². The van der Waals surface area contributed by atoms with E-state index in [1.54, 1.807) is 7.11 Å². The lowest BCUT2D eigenvalue weighted by Crippen LogP contribution is -2.30. The van der Waals surface area contributed by atoms with Crippen LogP contribution in [0.2, 0.25) is 13.1 Å². The molecule has 0 aliphatic rings. The smallest absolute Gasteiger partial charge is 0.253 e. The molecule has 0 radical (unpaired) electrons. The highest BCUT2D eigenvalue weighted by Gasteiger charge is 2.17. The van der Waals surface area contributed by atoms with Gasteiger partial charge in [0.1, 0.15) is 5.91 Å². The molecular weight excluding hydrogens is 108 g/mol. The summed E-state index contributed by atoms with van der Waals surface area (Å²) in [6, 6.07) is 0. The Bertz CT molecular complexity index is 70.1. The number of carbonyl (C=O) groups is 1. The summed E-state index contributed by atoms with van der Waals surface area (Å²) in [5.41, 5.74) is 0. The first-order valence-electron chi connectivity index (χ1n) is 2.14. The average molecular weight is 118 g/mol. The monoisotopic (exact) mass is 118 g/mol. The molecule has 0 saturated heterocycles. The van der Waals surface area contributed by atoms with Crippen molar-refractivity contribution >= 4 is 14.2 Å². The van der Waals surface area contributed by atoms with Gasteiger partial charge in [-0.3, -0.25) is 0 Å². The highest BCUT2D eigenvalue weighted by Crippen LogP contribution is 1.94. The van der Waals surface area contributed by atoms with Crippen LogP contribution in [0.5, 0.6) is 0 Å². The number of hydrogen-bond acceptors (Lipinski definition) is 2. The van der Waals surface area contributed by atoms with Crippen molar-refractivity contribution in [2.24, 2.45) is 0 Å². The van der Waals surface area contributed by atoms with Gasteiger partial charge in [0.15, 0.2) is 0 Å². The molecule has 0 aromatic rings. The quantitative estimate of drug-likeness (QED) is 0.392. The molecule has 0 aromatic carbocycles. The second-order valence-corrected chi connectivity index (χ2v) is 5.78. The molecule has 0 aliphatic carbocycles. The largest absolute Gasteiger partial charge is 0.413 e. The SMILES string of the molecule is CO[Si](C)(C)C=O. The molecule has 0 aromatic heterocycles. The fraction of sp³-hybridized carbons (Fsp3) is 0.750. The summed E-state index contributed by atoms with van der Waals surface area (Å²) in [5.74, 6) is 0.910. The second-order valence-electron chi connectivity index (χ2n) is 1.93. The van der Waals surface area contributed by atoms with Gasteiger partial charge in [-0.2, -0.15) is 0 Å². The van der Waals surface area contributed by atoms with Crippen LogP contribution in [0.25, 0.3) is 0 Å². The lowest BCUT2D eigenvalue weighted by atomic mass is 11.7. The highest BCUT2D eigenvalue weighted by atomic mass is 28.4. The maximum absolute atomic E-state index is 9.99. The molecule has 7 heavy (non-hydrogen) atoms. The number of hydrogen-bond donors (Lipinski definition) is 0. The van der Waals surface area contributed by atoms with Gasteiger partial charge in [0.25, 0.3) is 8.32 Å². The highest BCUT2D eigenvalue weighted by molar-refractivity contribution is 6.94. The van der Waals surface area contributed by atoms with Crippen LogP contribution in [0.4, 0.5) is 0 Å². The molecule has 0 bridgehead atoms. The van der Waals surface area contributed by atoms with Crippen LogP contribution < -0.4 is 0 Å². The molecule has 0 N–H and O–H groups in total. The molecule has 0 saturated carbocycles. The van der Waals surface area contributed by atoms with Gasteiger partial charge in [-0.1, -0.05) is 0 Å². The van der Waals surface area contributed by atoms with Crippen LogP contribution in [0.15, 0.2) is 0 Å². The first-order chi connectivity index (χ1) is 3.12. The minimum Gasteiger partial charge on any atom is -0.413 e. The molecule has 0 aliphatic heterocycles. The van der Waals surface area contributed by atoms with Crippen molar-refractivity contribution in [2.75, 3.05) is 7.11 Å². The molecule has 3 heteroatoms. The summed E-state index contributed by atoms with van der Waals surface area (Å²) in [5, 5.41) is 0. The van der Waals surface area contributed by atoms with Crippen LogP contribution in [0.1, 0.15) is 0 Å². The normalized spacial score (nSPS) is 11.3. The lowest BCUT2D eigenvalue weighted by Gasteiger charge is -2.08. The van der Waals surface area contributed by atoms with E-state index in [9.17, 15) is 4.79 Å². The van der Waals surface area contributed by atoms with E-state index in [0.29, 0.717) is 0 Å². The van der Waals surface area contributed by atoms with Gasteiger partial charge in [-0.25, -0.2) is 0 Å². The van der Waals surface area contributed by atoms with E-state index in [1.807, 2.05) is 13.1 Å². The van der Waals surface area contributed by atoms with Gasteiger partial charge < -0.3 is 9.22 Å². The van der Waals surface area contributed by atoms with E-state index in [-0.39, 0.29) is 0 Å². The third-order valence-electron chi connectivity index (χ3n) is 0.810. The van der Waals surface area contributed by atoms with Crippen LogP contribution in [-0.4, -0.2) is 21.3 Å². The molecule has 0 atom stereocenters.